The fraction of sp³-hybridized carbons (Fsp3) is 0.965. The molecular weight excluding hydrogens is 845 g/mol. The Balaban J connectivity index is 0.000000200. The summed E-state index contributed by atoms with van der Waals surface area (Å²) in [5.41, 5.74) is -0.161. The molecule has 1 aliphatic heterocycles. The summed E-state index contributed by atoms with van der Waals surface area (Å²) in [4.78, 5) is 26.3. The Kier molecular flexibility index (Phi) is 16.1. The topological polar surface area (TPSA) is 185 Å². The number of hydrogen-bond acceptors (Lipinski definition) is 10. The minimum Gasteiger partial charge on any atom is -0.465 e. The first kappa shape index (κ1) is 53.7. The van der Waals surface area contributed by atoms with Gasteiger partial charge in [0.05, 0.1) is 55.3 Å². The summed E-state index contributed by atoms with van der Waals surface area (Å²) in [6.07, 6.45) is 8.54. The summed E-state index contributed by atoms with van der Waals surface area (Å²) in [7, 11) is 0. The number of cyclic esters (lactones) is 1. The number of aliphatic hydroxyl groups excluding tert-OH is 7. The molecule has 0 bridgehead atoms. The van der Waals surface area contributed by atoms with E-state index in [2.05, 4.69) is 76.2 Å². The Labute approximate surface area is 405 Å². The van der Waals surface area contributed by atoms with Gasteiger partial charge in [-0.2, -0.15) is 0 Å². The summed E-state index contributed by atoms with van der Waals surface area (Å²) >= 11 is 0. The summed E-state index contributed by atoms with van der Waals surface area (Å²) < 4.78 is 5.88. The maximum absolute atomic E-state index is 13.3. The van der Waals surface area contributed by atoms with Gasteiger partial charge in [0.1, 0.15) is 5.78 Å². The molecule has 0 aromatic rings. The van der Waals surface area contributed by atoms with E-state index >= 15 is 0 Å². The highest BCUT2D eigenvalue weighted by atomic mass is 16.5. The second kappa shape index (κ2) is 20.0. The lowest BCUT2D eigenvalue weighted by molar-refractivity contribution is -0.162. The van der Waals surface area contributed by atoms with Crippen LogP contribution in [0.25, 0.3) is 0 Å². The second-order valence-corrected chi connectivity index (χ2v) is 26.7. The third-order valence-corrected chi connectivity index (χ3v) is 23.3. The maximum atomic E-state index is 13.3. The zero-order valence-electron chi connectivity index (χ0n) is 43.9. The van der Waals surface area contributed by atoms with Crippen LogP contribution in [0.4, 0.5) is 0 Å². The molecule has 0 aromatic heterocycles. The first-order valence-electron chi connectivity index (χ1n) is 27.7. The van der Waals surface area contributed by atoms with E-state index in [1.165, 1.54) is 0 Å². The van der Waals surface area contributed by atoms with Gasteiger partial charge in [-0.1, -0.05) is 89.5 Å². The number of carbonyl (C=O) groups is 2. The first-order valence-corrected chi connectivity index (χ1v) is 27.7. The lowest BCUT2D eigenvalue weighted by Crippen LogP contribution is -2.57. The van der Waals surface area contributed by atoms with Crippen LogP contribution in [0.3, 0.4) is 0 Å². The number of ketones is 1. The van der Waals surface area contributed by atoms with Gasteiger partial charge in [-0.25, -0.2) is 0 Å². The van der Waals surface area contributed by atoms with Crippen molar-refractivity contribution in [1.29, 1.82) is 0 Å². The Hall–Kier alpha value is -1.14. The highest BCUT2D eigenvalue weighted by Crippen LogP contribution is 2.69. The minimum atomic E-state index is -0.867. The van der Waals surface area contributed by atoms with Gasteiger partial charge >= 0.3 is 5.97 Å². The number of fused-ring (bicyclic) bond motifs is 10. The Morgan fingerprint density at radius 3 is 1.61 bits per heavy atom. The van der Waals surface area contributed by atoms with E-state index in [1.54, 1.807) is 0 Å². The number of hydrogen-bond donors (Lipinski definition) is 7. The number of aliphatic hydroxyl groups is 7. The number of Topliss-reactive ketones (excluding diaryl/α,β-unsaturated/α-hetero) is 1. The molecule has 9 unspecified atom stereocenters. The van der Waals surface area contributed by atoms with Crippen molar-refractivity contribution in [2.24, 2.45) is 116 Å². The highest BCUT2D eigenvalue weighted by Gasteiger charge is 2.65. The molecule has 1 heterocycles. The summed E-state index contributed by atoms with van der Waals surface area (Å²) in [6.45, 7) is 26.6. The Morgan fingerprint density at radius 2 is 1.07 bits per heavy atom. The van der Waals surface area contributed by atoms with Crippen LogP contribution in [-0.2, 0) is 14.3 Å². The Morgan fingerprint density at radius 1 is 0.567 bits per heavy atom. The third-order valence-electron chi connectivity index (χ3n) is 23.3. The van der Waals surface area contributed by atoms with Crippen LogP contribution < -0.4 is 0 Å². The van der Waals surface area contributed by atoms with Crippen LogP contribution in [0.5, 0.6) is 0 Å². The molecule has 386 valence electrons. The van der Waals surface area contributed by atoms with Crippen LogP contribution in [0, 0.1) is 116 Å². The fourth-order valence-corrected chi connectivity index (χ4v) is 18.8. The quantitative estimate of drug-likeness (QED) is 0.0990. The number of ether oxygens (including phenoxy) is 1. The van der Waals surface area contributed by atoms with Gasteiger partial charge in [0, 0.05) is 12.3 Å². The average molecular weight is 943 g/mol. The van der Waals surface area contributed by atoms with Gasteiger partial charge < -0.3 is 40.5 Å². The molecule has 0 aromatic carbocycles. The van der Waals surface area contributed by atoms with E-state index in [9.17, 15) is 45.3 Å². The molecule has 8 aliphatic rings. The molecule has 0 spiro atoms. The van der Waals surface area contributed by atoms with Crippen molar-refractivity contribution in [2.45, 2.75) is 222 Å². The second-order valence-electron chi connectivity index (χ2n) is 26.7. The lowest BCUT2D eigenvalue weighted by atomic mass is 9.44. The SMILES string of the molecule is CC(C)[C@H](C)[C@H](O)[C@@H](O)[C@@H](C)C1CCC2C3CC(=O)C4C[C@H](O)CC[C@]4(C)C3CC[C@@]21C.CC[C@@H](C(C)C)[C@@H](O)[C@H](O)[C@@H](C)C1CCC2C3COC(=O)[C@H]4C[C@H](O)[C@H](O)C[C@]4(C)C3CC[C@@]21C. The monoisotopic (exact) mass is 943 g/mol. The van der Waals surface area contributed by atoms with Crippen LogP contribution in [-0.4, -0.2) is 96.8 Å². The van der Waals surface area contributed by atoms with Gasteiger partial charge in [0.15, 0.2) is 0 Å². The third kappa shape index (κ3) is 9.20. The van der Waals surface area contributed by atoms with E-state index in [0.29, 0.717) is 79.0 Å². The van der Waals surface area contributed by atoms with Crippen molar-refractivity contribution in [2.75, 3.05) is 6.61 Å². The fourth-order valence-electron chi connectivity index (χ4n) is 18.8. The molecule has 25 atom stereocenters. The molecule has 10 heteroatoms. The highest BCUT2D eigenvalue weighted by molar-refractivity contribution is 5.83. The zero-order valence-corrected chi connectivity index (χ0v) is 43.9. The summed E-state index contributed by atoms with van der Waals surface area (Å²) in [6, 6.07) is 0. The standard InChI is InChI=1S/C29H50O6.C28H48O4/c1-7-17(15(2)3)26(33)25(32)16(4)19-8-9-20-18-14-35-27(34)22-12-23(30)24(31)13-29(22,6)21(18)10-11-28(19,20)5;1-15(2)16(3)25(31)26(32)17(4)20-7-8-21-19-14-24(30)23-13-18(29)9-11-28(23,6)22(19)10-12-27(20,21)5/h15-26,30-33H,7-14H2,1-6H3;15-23,25-26,29,31-32H,7-14H2,1-6H3/t16-,17-,18?,19?,20?,21?,22+,23-,24+,25+,26+,28+,29+;16-,17-,18+,19?,20?,21?,22?,23?,25-,26-,27+,28+/m00/s1. The lowest BCUT2D eigenvalue weighted by Gasteiger charge is -2.60. The number of esters is 1. The summed E-state index contributed by atoms with van der Waals surface area (Å²) in [5, 5.41) is 75.5. The minimum absolute atomic E-state index is 0.00679. The van der Waals surface area contributed by atoms with Crippen LogP contribution in [0.2, 0.25) is 0 Å². The van der Waals surface area contributed by atoms with Crippen molar-refractivity contribution in [3.8, 4) is 0 Å². The average Bonchev–Trinajstić information content (AvgIpc) is 3.79. The van der Waals surface area contributed by atoms with E-state index in [-0.39, 0.29) is 87.5 Å². The van der Waals surface area contributed by atoms with Gasteiger partial charge in [0.2, 0.25) is 0 Å². The van der Waals surface area contributed by atoms with Crippen molar-refractivity contribution >= 4 is 11.8 Å². The molecule has 0 amide bonds. The van der Waals surface area contributed by atoms with Crippen LogP contribution >= 0.6 is 0 Å². The van der Waals surface area contributed by atoms with Crippen LogP contribution in [0.1, 0.15) is 179 Å². The molecule has 10 nitrogen and oxygen atoms in total. The predicted molar refractivity (Wildman–Crippen MR) is 261 cm³/mol. The van der Waals surface area contributed by atoms with Gasteiger partial charge in [-0.15, -0.1) is 0 Å². The van der Waals surface area contributed by atoms with Gasteiger partial charge in [0.25, 0.3) is 0 Å². The van der Waals surface area contributed by atoms with E-state index < -0.39 is 36.6 Å². The Bertz CT molecular complexity index is 1720. The molecule has 7 N–H and O–H groups in total. The molecule has 8 fully saturated rings. The zero-order chi connectivity index (χ0) is 49.5. The molecule has 1 saturated heterocycles. The van der Waals surface area contributed by atoms with Gasteiger partial charge in [-0.3, -0.25) is 9.59 Å². The molecule has 8 rings (SSSR count). The van der Waals surface area contributed by atoms with Crippen molar-refractivity contribution in [3.63, 3.8) is 0 Å². The summed E-state index contributed by atoms with van der Waals surface area (Å²) in [5.74, 6) is 3.89. The molecule has 0 radical (unpaired) electrons. The molecule has 7 aliphatic carbocycles. The van der Waals surface area contributed by atoms with Crippen LogP contribution in [0.15, 0.2) is 0 Å². The normalized spacial score (nSPS) is 47.4. The number of rotatable bonds is 11. The predicted octanol–water partition coefficient (Wildman–Crippen LogP) is 8.62. The van der Waals surface area contributed by atoms with Crippen molar-refractivity contribution < 1.29 is 50.1 Å². The molecule has 67 heavy (non-hydrogen) atoms. The molecular formula is C57H98O10. The van der Waals surface area contributed by atoms with Crippen molar-refractivity contribution in [1.82, 2.24) is 0 Å². The van der Waals surface area contributed by atoms with Crippen molar-refractivity contribution in [3.05, 3.63) is 0 Å². The first-order chi connectivity index (χ1) is 31.3. The molecule has 7 saturated carbocycles. The largest absolute Gasteiger partial charge is 0.465 e. The smallest absolute Gasteiger partial charge is 0.309 e. The number of carbonyl (C=O) groups excluding carboxylic acids is 2. The van der Waals surface area contributed by atoms with E-state index in [4.69, 9.17) is 4.74 Å². The van der Waals surface area contributed by atoms with E-state index in [1.807, 2.05) is 6.92 Å². The van der Waals surface area contributed by atoms with E-state index in [0.717, 1.165) is 70.6 Å². The maximum Gasteiger partial charge on any atom is 0.309 e. The van der Waals surface area contributed by atoms with Gasteiger partial charge in [-0.05, 0) is 188 Å².